The maximum absolute atomic E-state index is 10.6. The third kappa shape index (κ3) is 4.82. The third-order valence-corrected chi connectivity index (χ3v) is 1.56. The zero-order valence-electron chi connectivity index (χ0n) is 6.46. The summed E-state index contributed by atoms with van der Waals surface area (Å²) < 4.78 is 5.15. The van der Waals surface area contributed by atoms with Crippen molar-refractivity contribution in [1.29, 1.82) is 0 Å². The van der Waals surface area contributed by atoms with Gasteiger partial charge in [-0.15, -0.1) is 0 Å². The fourth-order valence-corrected chi connectivity index (χ4v) is 0.571. The van der Waals surface area contributed by atoms with Gasteiger partial charge in [0.15, 0.2) is 5.78 Å². The van der Waals surface area contributed by atoms with Crippen LogP contribution in [-0.2, 0) is 9.53 Å². The van der Waals surface area contributed by atoms with E-state index in [1.165, 1.54) is 6.92 Å². The summed E-state index contributed by atoms with van der Waals surface area (Å²) >= 11 is 4.01. The molecule has 2 nitrogen and oxygen atoms in total. The minimum absolute atomic E-state index is 0.0826. The van der Waals surface area contributed by atoms with E-state index in [9.17, 15) is 4.79 Å². The lowest BCUT2D eigenvalue weighted by Crippen LogP contribution is -2.18. The van der Waals surface area contributed by atoms with Crippen molar-refractivity contribution in [2.45, 2.75) is 26.4 Å². The normalized spacial score (nSPS) is 13.1. The van der Waals surface area contributed by atoms with Crippen molar-refractivity contribution in [1.82, 2.24) is 0 Å². The number of thiol groups is 1. The highest BCUT2D eigenvalue weighted by Crippen LogP contribution is 1.94. The summed E-state index contributed by atoms with van der Waals surface area (Å²) in [7, 11) is 0. The maximum Gasteiger partial charge on any atom is 0.158 e. The lowest BCUT2D eigenvalue weighted by atomic mass is 10.3. The van der Waals surface area contributed by atoms with Gasteiger partial charge in [0.2, 0.25) is 0 Å². The Morgan fingerprint density at radius 3 is 2.70 bits per heavy atom. The van der Waals surface area contributed by atoms with Gasteiger partial charge in [0.25, 0.3) is 0 Å². The van der Waals surface area contributed by atoms with Crippen molar-refractivity contribution >= 4 is 18.4 Å². The number of Topliss-reactive ketones (excluding diaryl/α,β-unsaturated/α-hetero) is 1. The summed E-state index contributed by atoms with van der Waals surface area (Å²) in [5.41, 5.74) is 0. The zero-order valence-corrected chi connectivity index (χ0v) is 7.36. The molecule has 0 unspecified atom stereocenters. The van der Waals surface area contributed by atoms with Gasteiger partial charge in [0, 0.05) is 6.61 Å². The molecule has 0 aliphatic carbocycles. The summed E-state index contributed by atoms with van der Waals surface area (Å²) in [6.45, 7) is 3.93. The van der Waals surface area contributed by atoms with Crippen molar-refractivity contribution in [3.63, 3.8) is 0 Å². The van der Waals surface area contributed by atoms with E-state index in [1.54, 1.807) is 6.92 Å². The molecule has 3 heteroatoms. The molecule has 0 bridgehead atoms. The average molecular weight is 162 g/mol. The molecular weight excluding hydrogens is 148 g/mol. The van der Waals surface area contributed by atoms with E-state index in [-0.39, 0.29) is 11.9 Å². The Morgan fingerprint density at radius 2 is 2.30 bits per heavy atom. The second-order valence-corrected chi connectivity index (χ2v) is 2.65. The first-order valence-electron chi connectivity index (χ1n) is 3.41. The minimum atomic E-state index is -0.250. The minimum Gasteiger partial charge on any atom is -0.371 e. The molecule has 0 spiro atoms. The van der Waals surface area contributed by atoms with Gasteiger partial charge in [-0.2, -0.15) is 12.6 Å². The summed E-state index contributed by atoms with van der Waals surface area (Å²) in [6.07, 6.45) is 0.653. The molecule has 0 aliphatic rings. The molecule has 10 heavy (non-hydrogen) atoms. The van der Waals surface area contributed by atoms with Crippen molar-refractivity contribution in [3.8, 4) is 0 Å². The highest BCUT2D eigenvalue weighted by Gasteiger charge is 2.05. The molecule has 60 valence electrons. The second kappa shape index (κ2) is 5.74. The largest absolute Gasteiger partial charge is 0.371 e. The van der Waals surface area contributed by atoms with Crippen molar-refractivity contribution in [2.75, 3.05) is 12.4 Å². The average Bonchev–Trinajstić information content (AvgIpc) is 1.88. The van der Waals surface area contributed by atoms with E-state index >= 15 is 0 Å². The highest BCUT2D eigenvalue weighted by molar-refractivity contribution is 7.80. The Hall–Kier alpha value is -0.0200. The van der Waals surface area contributed by atoms with Crippen LogP contribution in [0, 0.1) is 0 Å². The Bertz CT molecular complexity index is 104. The van der Waals surface area contributed by atoms with E-state index < -0.39 is 0 Å². The van der Waals surface area contributed by atoms with Crippen LogP contribution in [-0.4, -0.2) is 24.2 Å². The fraction of sp³-hybridized carbons (Fsp3) is 0.857. The van der Waals surface area contributed by atoms with Crippen LogP contribution in [0.2, 0.25) is 0 Å². The Morgan fingerprint density at radius 1 is 1.70 bits per heavy atom. The molecule has 0 amide bonds. The number of rotatable bonds is 5. The van der Waals surface area contributed by atoms with Crippen LogP contribution in [0.1, 0.15) is 20.3 Å². The quantitative estimate of drug-likeness (QED) is 0.487. The molecule has 0 aromatic rings. The molecule has 0 rings (SSSR count). The van der Waals surface area contributed by atoms with Gasteiger partial charge in [-0.3, -0.25) is 4.79 Å². The van der Waals surface area contributed by atoms with Gasteiger partial charge in [-0.25, -0.2) is 0 Å². The van der Waals surface area contributed by atoms with Crippen LogP contribution in [0.5, 0.6) is 0 Å². The van der Waals surface area contributed by atoms with Gasteiger partial charge in [-0.1, -0.05) is 0 Å². The third-order valence-electron chi connectivity index (χ3n) is 1.24. The first kappa shape index (κ1) is 9.98. The van der Waals surface area contributed by atoms with E-state index in [1.807, 2.05) is 0 Å². The Labute approximate surface area is 67.4 Å². The number of carbonyl (C=O) groups excluding carboxylic acids is 1. The number of carbonyl (C=O) groups is 1. The zero-order chi connectivity index (χ0) is 7.98. The molecule has 0 aromatic heterocycles. The molecule has 0 radical (unpaired) electrons. The Kier molecular flexibility index (Phi) is 5.73. The van der Waals surface area contributed by atoms with Gasteiger partial charge in [0.1, 0.15) is 6.10 Å². The topological polar surface area (TPSA) is 26.3 Å². The summed E-state index contributed by atoms with van der Waals surface area (Å²) in [5.74, 6) is 0.893. The fourth-order valence-electron chi connectivity index (χ4n) is 0.442. The van der Waals surface area contributed by atoms with Crippen LogP contribution >= 0.6 is 12.6 Å². The van der Waals surface area contributed by atoms with E-state index in [0.717, 1.165) is 12.2 Å². The Balaban J connectivity index is 3.21. The first-order valence-corrected chi connectivity index (χ1v) is 4.04. The predicted octanol–water partition coefficient (Wildman–Crippen LogP) is 1.30. The summed E-state index contributed by atoms with van der Waals surface area (Å²) in [6, 6.07) is 0. The van der Waals surface area contributed by atoms with Crippen molar-refractivity contribution in [3.05, 3.63) is 0 Å². The van der Waals surface area contributed by atoms with E-state index in [2.05, 4.69) is 12.6 Å². The van der Waals surface area contributed by atoms with Crippen LogP contribution in [0.4, 0.5) is 0 Å². The number of ketones is 1. The molecule has 0 fully saturated rings. The molecule has 0 aromatic carbocycles. The first-order chi connectivity index (χ1) is 4.68. The standard InChI is InChI=1S/C7H14O2S/c1-6(8)7(2)9-4-3-5-10/h7,10H,3-5H2,1-2H3/t7-/m0/s1. The van der Waals surface area contributed by atoms with Crippen LogP contribution in [0.15, 0.2) is 0 Å². The highest BCUT2D eigenvalue weighted by atomic mass is 32.1. The van der Waals surface area contributed by atoms with Crippen LogP contribution in [0.25, 0.3) is 0 Å². The smallest absolute Gasteiger partial charge is 0.158 e. The van der Waals surface area contributed by atoms with Gasteiger partial charge < -0.3 is 4.74 Å². The van der Waals surface area contributed by atoms with Gasteiger partial charge >= 0.3 is 0 Å². The lowest BCUT2D eigenvalue weighted by molar-refractivity contribution is -0.127. The molecule has 0 aliphatic heterocycles. The molecule has 0 heterocycles. The lowest BCUT2D eigenvalue weighted by Gasteiger charge is -2.07. The van der Waals surface area contributed by atoms with E-state index in [4.69, 9.17) is 4.74 Å². The van der Waals surface area contributed by atoms with Gasteiger partial charge in [-0.05, 0) is 26.0 Å². The molecule has 0 saturated carbocycles. The summed E-state index contributed by atoms with van der Waals surface area (Å²) in [4.78, 5) is 10.6. The molecule has 0 N–H and O–H groups in total. The second-order valence-electron chi connectivity index (χ2n) is 2.20. The van der Waals surface area contributed by atoms with Crippen molar-refractivity contribution < 1.29 is 9.53 Å². The van der Waals surface area contributed by atoms with Crippen LogP contribution in [0.3, 0.4) is 0 Å². The van der Waals surface area contributed by atoms with Crippen LogP contribution < -0.4 is 0 Å². The number of ether oxygens (including phenoxy) is 1. The molecular formula is C7H14O2S. The maximum atomic E-state index is 10.6. The molecule has 0 saturated heterocycles. The van der Waals surface area contributed by atoms with E-state index in [0.29, 0.717) is 6.61 Å². The van der Waals surface area contributed by atoms with Crippen molar-refractivity contribution in [2.24, 2.45) is 0 Å². The predicted molar refractivity (Wildman–Crippen MR) is 44.6 cm³/mol. The SMILES string of the molecule is CC(=O)[C@H](C)OCCCS. The van der Waals surface area contributed by atoms with Gasteiger partial charge in [0.05, 0.1) is 0 Å². The summed E-state index contributed by atoms with van der Waals surface area (Å²) in [5, 5.41) is 0. The molecule has 1 atom stereocenters. The number of hydrogen-bond donors (Lipinski definition) is 1. The monoisotopic (exact) mass is 162 g/mol. The number of hydrogen-bond acceptors (Lipinski definition) is 3.